The van der Waals surface area contributed by atoms with Gasteiger partial charge in [0, 0.05) is 18.7 Å². The molecule has 5 nitrogen and oxygen atoms in total. The van der Waals surface area contributed by atoms with Gasteiger partial charge in [-0.15, -0.1) is 0 Å². The molecule has 0 spiro atoms. The molecule has 3 N–H and O–H groups in total. The van der Waals surface area contributed by atoms with E-state index in [0.717, 1.165) is 0 Å². The van der Waals surface area contributed by atoms with E-state index in [9.17, 15) is 9.59 Å². The summed E-state index contributed by atoms with van der Waals surface area (Å²) in [5, 5.41) is 9.47. The maximum atomic E-state index is 12.4. The highest BCUT2D eigenvalue weighted by Gasteiger charge is 2.29. The molecule has 1 atom stereocenters. The fourth-order valence-corrected chi connectivity index (χ4v) is 2.74. The quantitative estimate of drug-likeness (QED) is 0.821. The number of benzene rings is 1. The van der Waals surface area contributed by atoms with E-state index in [2.05, 4.69) is 0 Å². The first-order chi connectivity index (χ1) is 9.40. The first kappa shape index (κ1) is 14.9. The predicted molar refractivity (Wildman–Crippen MR) is 77.1 cm³/mol. The van der Waals surface area contributed by atoms with Crippen molar-refractivity contribution in [2.75, 3.05) is 18.8 Å². The molecule has 20 heavy (non-hydrogen) atoms. The molecule has 1 aromatic carbocycles. The van der Waals surface area contributed by atoms with Crippen LogP contribution in [0, 0.1) is 5.92 Å². The van der Waals surface area contributed by atoms with Crippen molar-refractivity contribution in [2.24, 2.45) is 5.92 Å². The number of carboxylic acids is 1. The summed E-state index contributed by atoms with van der Waals surface area (Å²) in [5.41, 5.74) is 6.17. The Morgan fingerprint density at radius 3 is 2.45 bits per heavy atom. The number of nitrogen functional groups attached to an aromatic ring is 1. The van der Waals surface area contributed by atoms with E-state index in [1.165, 1.54) is 17.0 Å². The SMILES string of the molecule is Nc1c(Cl)cc(C(=O)N2CCCC(C(=O)O)C2)cc1Cl. The molecule has 1 aromatic rings. The van der Waals surface area contributed by atoms with Gasteiger partial charge in [0.15, 0.2) is 0 Å². The lowest BCUT2D eigenvalue weighted by Gasteiger charge is -2.30. The Morgan fingerprint density at radius 2 is 1.90 bits per heavy atom. The molecular weight excluding hydrogens is 303 g/mol. The molecule has 0 saturated carbocycles. The number of carboxylic acid groups (broad SMARTS) is 1. The Hall–Kier alpha value is -1.46. The van der Waals surface area contributed by atoms with Crippen LogP contribution in [-0.4, -0.2) is 35.0 Å². The number of carbonyl (C=O) groups is 2. The summed E-state index contributed by atoms with van der Waals surface area (Å²) in [7, 11) is 0. The zero-order valence-electron chi connectivity index (χ0n) is 10.6. The molecule has 1 aliphatic heterocycles. The minimum absolute atomic E-state index is 0.202. The molecule has 1 fully saturated rings. The van der Waals surface area contributed by atoms with Gasteiger partial charge in [-0.3, -0.25) is 9.59 Å². The zero-order valence-corrected chi connectivity index (χ0v) is 12.1. The minimum Gasteiger partial charge on any atom is -0.481 e. The second-order valence-electron chi connectivity index (χ2n) is 4.78. The summed E-state index contributed by atoms with van der Waals surface area (Å²) in [5.74, 6) is -1.68. The Bertz CT molecular complexity index is 540. The van der Waals surface area contributed by atoms with Crippen molar-refractivity contribution in [3.05, 3.63) is 27.7 Å². The summed E-state index contributed by atoms with van der Waals surface area (Å²) in [6, 6.07) is 2.91. The van der Waals surface area contributed by atoms with Crippen molar-refractivity contribution < 1.29 is 14.7 Å². The Morgan fingerprint density at radius 1 is 1.30 bits per heavy atom. The third kappa shape index (κ3) is 2.99. The van der Waals surface area contributed by atoms with Gasteiger partial charge in [-0.2, -0.15) is 0 Å². The Labute approximate surface area is 126 Å². The molecule has 7 heteroatoms. The third-order valence-electron chi connectivity index (χ3n) is 3.38. The topological polar surface area (TPSA) is 83.6 Å². The third-order valence-corrected chi connectivity index (χ3v) is 4.01. The molecule has 0 bridgehead atoms. The summed E-state index contributed by atoms with van der Waals surface area (Å²) >= 11 is 11.8. The van der Waals surface area contributed by atoms with E-state index in [1.807, 2.05) is 0 Å². The summed E-state index contributed by atoms with van der Waals surface area (Å²) in [4.78, 5) is 24.9. The van der Waals surface area contributed by atoms with Crippen LogP contribution in [0.15, 0.2) is 12.1 Å². The van der Waals surface area contributed by atoms with E-state index < -0.39 is 11.9 Å². The van der Waals surface area contributed by atoms with E-state index in [1.54, 1.807) is 0 Å². The van der Waals surface area contributed by atoms with Crippen LogP contribution in [0.3, 0.4) is 0 Å². The monoisotopic (exact) mass is 316 g/mol. The molecule has 1 unspecified atom stereocenters. The highest BCUT2D eigenvalue weighted by molar-refractivity contribution is 6.39. The van der Waals surface area contributed by atoms with Crippen LogP contribution in [-0.2, 0) is 4.79 Å². The number of piperidine rings is 1. The molecule has 1 aliphatic rings. The van der Waals surface area contributed by atoms with Crippen molar-refractivity contribution in [3.63, 3.8) is 0 Å². The highest BCUT2D eigenvalue weighted by atomic mass is 35.5. The average Bonchev–Trinajstić information content (AvgIpc) is 2.43. The van der Waals surface area contributed by atoms with Gasteiger partial charge in [0.2, 0.25) is 0 Å². The van der Waals surface area contributed by atoms with Crippen molar-refractivity contribution in [1.82, 2.24) is 4.90 Å². The van der Waals surface area contributed by atoms with Crippen LogP contribution >= 0.6 is 23.2 Å². The number of aliphatic carboxylic acids is 1. The first-order valence-corrected chi connectivity index (χ1v) is 6.92. The summed E-state index contributed by atoms with van der Waals surface area (Å²) in [6.07, 6.45) is 1.25. The number of hydrogen-bond acceptors (Lipinski definition) is 3. The molecule has 108 valence electrons. The smallest absolute Gasteiger partial charge is 0.308 e. The van der Waals surface area contributed by atoms with Gasteiger partial charge in [0.1, 0.15) is 0 Å². The Balaban J connectivity index is 2.21. The normalized spacial score (nSPS) is 18.9. The van der Waals surface area contributed by atoms with E-state index >= 15 is 0 Å². The van der Waals surface area contributed by atoms with Crippen LogP contribution in [0.1, 0.15) is 23.2 Å². The number of carbonyl (C=O) groups excluding carboxylic acids is 1. The van der Waals surface area contributed by atoms with Gasteiger partial charge in [0.25, 0.3) is 5.91 Å². The lowest BCUT2D eigenvalue weighted by molar-refractivity contribution is -0.143. The van der Waals surface area contributed by atoms with Gasteiger partial charge in [-0.25, -0.2) is 0 Å². The number of likely N-dealkylation sites (tertiary alicyclic amines) is 1. The molecule has 0 aliphatic carbocycles. The number of nitrogens with zero attached hydrogens (tertiary/aromatic N) is 1. The van der Waals surface area contributed by atoms with Crippen molar-refractivity contribution in [2.45, 2.75) is 12.8 Å². The highest BCUT2D eigenvalue weighted by Crippen LogP contribution is 2.30. The summed E-state index contributed by atoms with van der Waals surface area (Å²) < 4.78 is 0. The lowest BCUT2D eigenvalue weighted by Crippen LogP contribution is -2.42. The second-order valence-corrected chi connectivity index (χ2v) is 5.60. The molecule has 0 radical (unpaired) electrons. The molecular formula is C13H14Cl2N2O3. The molecule has 1 heterocycles. The van der Waals surface area contributed by atoms with E-state index in [0.29, 0.717) is 24.9 Å². The number of halogens is 2. The number of anilines is 1. The first-order valence-electron chi connectivity index (χ1n) is 6.16. The maximum Gasteiger partial charge on any atom is 0.308 e. The molecule has 1 amide bonds. The number of nitrogens with two attached hydrogens (primary N) is 1. The van der Waals surface area contributed by atoms with Gasteiger partial charge in [-0.05, 0) is 25.0 Å². The molecule has 0 aromatic heterocycles. The van der Waals surface area contributed by atoms with Crippen LogP contribution in [0.4, 0.5) is 5.69 Å². The van der Waals surface area contributed by atoms with E-state index in [4.69, 9.17) is 34.0 Å². The number of amides is 1. The average molecular weight is 317 g/mol. The standard InChI is InChI=1S/C13H14Cl2N2O3/c14-9-4-8(5-10(15)11(9)16)12(18)17-3-1-2-7(6-17)13(19)20/h4-5,7H,1-3,6,16H2,(H,19,20). The fraction of sp³-hybridized carbons (Fsp3) is 0.385. The lowest BCUT2D eigenvalue weighted by atomic mass is 9.97. The maximum absolute atomic E-state index is 12.4. The molecule has 2 rings (SSSR count). The van der Waals surface area contributed by atoms with Gasteiger partial charge < -0.3 is 15.7 Å². The minimum atomic E-state index is -0.879. The molecule has 1 saturated heterocycles. The van der Waals surface area contributed by atoms with Crippen LogP contribution in [0.25, 0.3) is 0 Å². The predicted octanol–water partition coefficient (Wildman–Crippen LogP) is 2.51. The van der Waals surface area contributed by atoms with E-state index in [-0.39, 0.29) is 28.2 Å². The fourth-order valence-electron chi connectivity index (χ4n) is 2.25. The largest absolute Gasteiger partial charge is 0.481 e. The number of rotatable bonds is 2. The van der Waals surface area contributed by atoms with Gasteiger partial charge in [0.05, 0.1) is 21.7 Å². The number of hydrogen-bond donors (Lipinski definition) is 2. The van der Waals surface area contributed by atoms with Crippen molar-refractivity contribution in [1.29, 1.82) is 0 Å². The Kier molecular flexibility index (Phi) is 4.40. The van der Waals surface area contributed by atoms with Crippen molar-refractivity contribution >= 4 is 40.8 Å². The summed E-state index contributed by atoms with van der Waals surface area (Å²) in [6.45, 7) is 0.732. The zero-order chi connectivity index (χ0) is 14.9. The van der Waals surface area contributed by atoms with Gasteiger partial charge >= 0.3 is 5.97 Å². The second kappa shape index (κ2) is 5.89. The van der Waals surface area contributed by atoms with Crippen LogP contribution in [0.2, 0.25) is 10.0 Å². The van der Waals surface area contributed by atoms with Gasteiger partial charge in [-0.1, -0.05) is 23.2 Å². The van der Waals surface area contributed by atoms with Crippen molar-refractivity contribution in [3.8, 4) is 0 Å². The van der Waals surface area contributed by atoms with Crippen LogP contribution in [0.5, 0.6) is 0 Å². The van der Waals surface area contributed by atoms with Crippen LogP contribution < -0.4 is 5.73 Å².